The summed E-state index contributed by atoms with van der Waals surface area (Å²) in [6.45, 7) is 0. The Hall–Kier alpha value is -1.12. The second-order valence-electron chi connectivity index (χ2n) is 3.33. The molecule has 1 aromatic heterocycles. The average Bonchev–Trinajstić information content (AvgIpc) is 2.39. The zero-order valence-electron chi connectivity index (χ0n) is 8.53. The molecule has 1 aromatic carbocycles. The van der Waals surface area contributed by atoms with Gasteiger partial charge in [-0.05, 0) is 11.6 Å². The first-order valence-electron chi connectivity index (χ1n) is 4.88. The highest BCUT2D eigenvalue weighted by Crippen LogP contribution is 2.23. The van der Waals surface area contributed by atoms with Gasteiger partial charge >= 0.3 is 0 Å². The Morgan fingerprint density at radius 1 is 0.938 bits per heavy atom. The first-order valence-corrected chi connectivity index (χ1v) is 5.95. The lowest BCUT2D eigenvalue weighted by Crippen LogP contribution is -1.98. The SMILES string of the molecule is ClCc1cc(-c2ccccc2)c(CCl)nn1. The Morgan fingerprint density at radius 2 is 1.69 bits per heavy atom. The molecule has 16 heavy (non-hydrogen) atoms. The highest BCUT2D eigenvalue weighted by molar-refractivity contribution is 6.17. The van der Waals surface area contributed by atoms with Crippen LogP contribution in [0.25, 0.3) is 11.1 Å². The number of hydrogen-bond donors (Lipinski definition) is 0. The maximum absolute atomic E-state index is 5.84. The summed E-state index contributed by atoms with van der Waals surface area (Å²) in [5.41, 5.74) is 3.62. The second-order valence-corrected chi connectivity index (χ2v) is 3.86. The van der Waals surface area contributed by atoms with Crippen LogP contribution in [-0.4, -0.2) is 10.2 Å². The van der Waals surface area contributed by atoms with Gasteiger partial charge in [-0.3, -0.25) is 0 Å². The summed E-state index contributed by atoms with van der Waals surface area (Å²) < 4.78 is 0. The summed E-state index contributed by atoms with van der Waals surface area (Å²) in [6, 6.07) is 11.9. The lowest BCUT2D eigenvalue weighted by molar-refractivity contribution is 0.926. The van der Waals surface area contributed by atoms with Gasteiger partial charge in [0, 0.05) is 5.56 Å². The Balaban J connectivity index is 2.53. The van der Waals surface area contributed by atoms with Crippen molar-refractivity contribution in [2.45, 2.75) is 11.8 Å². The standard InChI is InChI=1S/C12H10Cl2N2/c13-7-10-6-11(12(8-14)16-15-10)9-4-2-1-3-5-9/h1-6H,7-8H2. The van der Waals surface area contributed by atoms with E-state index in [0.29, 0.717) is 11.8 Å². The quantitative estimate of drug-likeness (QED) is 0.780. The third-order valence-electron chi connectivity index (χ3n) is 2.27. The molecule has 0 saturated heterocycles. The van der Waals surface area contributed by atoms with Crippen LogP contribution < -0.4 is 0 Å². The molecule has 0 N–H and O–H groups in total. The van der Waals surface area contributed by atoms with Gasteiger partial charge in [0.1, 0.15) is 0 Å². The summed E-state index contributed by atoms with van der Waals surface area (Å²) in [5.74, 6) is 0.704. The maximum atomic E-state index is 5.84. The molecule has 2 nitrogen and oxygen atoms in total. The van der Waals surface area contributed by atoms with E-state index >= 15 is 0 Å². The maximum Gasteiger partial charge on any atom is 0.0857 e. The molecule has 0 aliphatic carbocycles. The van der Waals surface area contributed by atoms with Crippen LogP contribution in [-0.2, 0) is 11.8 Å². The molecule has 0 amide bonds. The average molecular weight is 253 g/mol. The molecular formula is C12H10Cl2N2. The van der Waals surface area contributed by atoms with Crippen LogP contribution in [0.2, 0.25) is 0 Å². The fourth-order valence-electron chi connectivity index (χ4n) is 1.49. The van der Waals surface area contributed by atoms with Crippen LogP contribution in [0.3, 0.4) is 0 Å². The van der Waals surface area contributed by atoms with Crippen molar-refractivity contribution >= 4 is 23.2 Å². The Kier molecular flexibility index (Phi) is 3.75. The van der Waals surface area contributed by atoms with E-state index in [-0.39, 0.29) is 0 Å². The number of alkyl halides is 2. The summed E-state index contributed by atoms with van der Waals surface area (Å²) in [7, 11) is 0. The van der Waals surface area contributed by atoms with Gasteiger partial charge in [0.05, 0.1) is 23.1 Å². The van der Waals surface area contributed by atoms with Gasteiger partial charge in [0.25, 0.3) is 0 Å². The summed E-state index contributed by atoms with van der Waals surface area (Å²) >= 11 is 11.6. The van der Waals surface area contributed by atoms with Crippen LogP contribution in [0.1, 0.15) is 11.4 Å². The number of halogens is 2. The van der Waals surface area contributed by atoms with Crippen molar-refractivity contribution in [3.05, 3.63) is 47.8 Å². The fraction of sp³-hybridized carbons (Fsp3) is 0.167. The normalized spacial score (nSPS) is 10.4. The minimum Gasteiger partial charge on any atom is -0.154 e. The Labute approximate surface area is 104 Å². The molecule has 4 heteroatoms. The molecule has 1 heterocycles. The molecule has 0 aliphatic heterocycles. The monoisotopic (exact) mass is 252 g/mol. The molecule has 82 valence electrons. The molecule has 0 saturated carbocycles. The van der Waals surface area contributed by atoms with E-state index in [1.54, 1.807) is 0 Å². The minimum atomic E-state index is 0.347. The van der Waals surface area contributed by atoms with E-state index < -0.39 is 0 Å². The first-order chi connectivity index (χ1) is 7.85. The lowest BCUT2D eigenvalue weighted by Gasteiger charge is -2.06. The van der Waals surface area contributed by atoms with Gasteiger partial charge in [0.2, 0.25) is 0 Å². The third-order valence-corrected chi connectivity index (χ3v) is 2.80. The molecule has 0 spiro atoms. The lowest BCUT2D eigenvalue weighted by atomic mass is 10.0. The van der Waals surface area contributed by atoms with Crippen molar-refractivity contribution in [1.29, 1.82) is 0 Å². The van der Waals surface area contributed by atoms with Gasteiger partial charge in [-0.1, -0.05) is 30.3 Å². The van der Waals surface area contributed by atoms with Gasteiger partial charge in [-0.25, -0.2) is 0 Å². The highest BCUT2D eigenvalue weighted by Gasteiger charge is 2.07. The minimum absolute atomic E-state index is 0.347. The number of hydrogen-bond acceptors (Lipinski definition) is 2. The third kappa shape index (κ3) is 2.34. The van der Waals surface area contributed by atoms with Crippen molar-refractivity contribution in [3.8, 4) is 11.1 Å². The molecule has 0 unspecified atom stereocenters. The zero-order valence-corrected chi connectivity index (χ0v) is 10.0. The van der Waals surface area contributed by atoms with E-state index in [2.05, 4.69) is 10.2 Å². The van der Waals surface area contributed by atoms with Crippen LogP contribution in [0.4, 0.5) is 0 Å². The second kappa shape index (κ2) is 5.28. The molecular weight excluding hydrogens is 243 g/mol. The van der Waals surface area contributed by atoms with Gasteiger partial charge in [-0.2, -0.15) is 10.2 Å². The van der Waals surface area contributed by atoms with E-state index in [1.807, 2.05) is 36.4 Å². The number of nitrogens with zero attached hydrogens (tertiary/aromatic N) is 2. The van der Waals surface area contributed by atoms with E-state index in [1.165, 1.54) is 0 Å². The zero-order chi connectivity index (χ0) is 11.4. The Morgan fingerprint density at radius 3 is 2.31 bits per heavy atom. The van der Waals surface area contributed by atoms with Gasteiger partial charge < -0.3 is 0 Å². The number of rotatable bonds is 3. The van der Waals surface area contributed by atoms with Crippen LogP contribution in [0.5, 0.6) is 0 Å². The predicted molar refractivity (Wildman–Crippen MR) is 66.6 cm³/mol. The molecule has 0 atom stereocenters. The van der Waals surface area contributed by atoms with Crippen LogP contribution in [0.15, 0.2) is 36.4 Å². The molecule has 0 aliphatic rings. The first kappa shape index (κ1) is 11.4. The van der Waals surface area contributed by atoms with Crippen molar-refractivity contribution in [1.82, 2.24) is 10.2 Å². The van der Waals surface area contributed by atoms with Gasteiger partial charge in [-0.15, -0.1) is 23.2 Å². The molecule has 0 fully saturated rings. The fourth-order valence-corrected chi connectivity index (χ4v) is 1.82. The topological polar surface area (TPSA) is 25.8 Å². The smallest absolute Gasteiger partial charge is 0.0857 e. The molecule has 0 radical (unpaired) electrons. The summed E-state index contributed by atoms with van der Waals surface area (Å²) in [6.07, 6.45) is 0. The molecule has 2 rings (SSSR count). The number of benzene rings is 1. The van der Waals surface area contributed by atoms with E-state index in [0.717, 1.165) is 22.5 Å². The van der Waals surface area contributed by atoms with Gasteiger partial charge in [0.15, 0.2) is 0 Å². The highest BCUT2D eigenvalue weighted by atomic mass is 35.5. The van der Waals surface area contributed by atoms with E-state index in [9.17, 15) is 0 Å². The van der Waals surface area contributed by atoms with E-state index in [4.69, 9.17) is 23.2 Å². The summed E-state index contributed by atoms with van der Waals surface area (Å²) in [5, 5.41) is 8.07. The van der Waals surface area contributed by atoms with Crippen molar-refractivity contribution in [2.24, 2.45) is 0 Å². The number of aromatic nitrogens is 2. The van der Waals surface area contributed by atoms with Crippen molar-refractivity contribution in [3.63, 3.8) is 0 Å². The van der Waals surface area contributed by atoms with Crippen LogP contribution in [0, 0.1) is 0 Å². The molecule has 0 bridgehead atoms. The molecule has 2 aromatic rings. The van der Waals surface area contributed by atoms with Crippen molar-refractivity contribution in [2.75, 3.05) is 0 Å². The van der Waals surface area contributed by atoms with Crippen LogP contribution >= 0.6 is 23.2 Å². The van der Waals surface area contributed by atoms with Crippen molar-refractivity contribution < 1.29 is 0 Å². The predicted octanol–water partition coefficient (Wildman–Crippen LogP) is 3.62. The Bertz CT molecular complexity index is 472. The summed E-state index contributed by atoms with van der Waals surface area (Å²) in [4.78, 5) is 0. The largest absolute Gasteiger partial charge is 0.154 e.